The van der Waals surface area contributed by atoms with Crippen LogP contribution in [0.15, 0.2) is 113 Å². The number of nitrogens with zero attached hydrogens (tertiary/aromatic N) is 4. The summed E-state index contributed by atoms with van der Waals surface area (Å²) in [6, 6.07) is 26.1. The summed E-state index contributed by atoms with van der Waals surface area (Å²) in [5.74, 6) is -0.744. The van der Waals surface area contributed by atoms with Crippen LogP contribution in [-0.4, -0.2) is 79.9 Å². The van der Waals surface area contributed by atoms with E-state index in [0.29, 0.717) is 98.8 Å². The molecule has 2 fully saturated rings. The zero-order chi connectivity index (χ0) is 47.9. The van der Waals surface area contributed by atoms with E-state index in [1.54, 1.807) is 77.7 Å². The van der Waals surface area contributed by atoms with Crippen LogP contribution in [0.3, 0.4) is 0 Å². The van der Waals surface area contributed by atoms with Crippen LogP contribution in [-0.2, 0) is 27.3 Å². The zero-order valence-corrected chi connectivity index (χ0v) is 39.4. The summed E-state index contributed by atoms with van der Waals surface area (Å²) < 4.78 is 0. The Morgan fingerprint density at radius 3 is 2.10 bits per heavy atom. The first kappa shape index (κ1) is 48.1. The maximum Gasteiger partial charge on any atom is 0.280 e. The molecule has 0 bridgehead atoms. The largest absolute Gasteiger partial charge is 0.379 e. The molecule has 14 nitrogen and oxygen atoms in total. The number of Topliss-reactive ketones (excluding diaryl/α,β-unsaturated/α-hetero) is 2. The van der Waals surface area contributed by atoms with Crippen molar-refractivity contribution in [3.05, 3.63) is 167 Å². The number of H-pyrrole nitrogens is 1. The Hall–Kier alpha value is -6.42. The van der Waals surface area contributed by atoms with Crippen LogP contribution in [0, 0.1) is 5.92 Å². The number of aromatic amines is 1. The van der Waals surface area contributed by atoms with Crippen LogP contribution in [0.5, 0.6) is 0 Å². The number of carbonyl (C=O) groups is 4. The number of piperidine rings is 1. The molecule has 68 heavy (non-hydrogen) atoms. The highest BCUT2D eigenvalue weighted by atomic mass is 35.5. The van der Waals surface area contributed by atoms with Crippen LogP contribution >= 0.6 is 46.4 Å². The highest BCUT2D eigenvalue weighted by Crippen LogP contribution is 2.32. The molecular weight excluding hydrogens is 948 g/mol. The van der Waals surface area contributed by atoms with Crippen molar-refractivity contribution in [3.8, 4) is 0 Å². The number of nitrogens with two attached hydrogens (primary N) is 1. The quantitative estimate of drug-likeness (QED) is 0.0462. The number of amides is 2. The first-order valence-corrected chi connectivity index (χ1v) is 23.4. The number of fused-ring (bicyclic) bond motifs is 1. The maximum atomic E-state index is 14.7. The van der Waals surface area contributed by atoms with E-state index in [0.717, 1.165) is 11.3 Å². The Kier molecular flexibility index (Phi) is 15.3. The van der Waals surface area contributed by atoms with E-state index < -0.39 is 11.6 Å². The number of rotatable bonds is 16. The van der Waals surface area contributed by atoms with E-state index in [1.807, 2.05) is 30.3 Å². The molecule has 0 spiro atoms. The van der Waals surface area contributed by atoms with Crippen LogP contribution in [0.25, 0.3) is 23.3 Å². The number of nitrogen functional groups attached to an aromatic ring is 1. The molecule has 1 saturated heterocycles. The molecule has 2 aliphatic rings. The monoisotopic (exact) mass is 991 g/mol. The standard InChI is InChI=1S/C50H45Cl4N9O5/c51-38-14-8-29(19-40(38)53)17-33-26-63(27-34(45(33)65)18-30-9-15-39(52)41(54)20-30)49(68)42(21-28-5-2-1-3-6-28)59-36-22-32(23-36)43(64)7-4-16-56-47(66)31-10-12-35(13-11-31)57-24-37-25-58-44-46(60-37)61-50(55)62-48(44)67/h1-3,5-6,8-15,17-20,25,32,36,42,57,59H,4,7,16,21-24,26-27H2,(H,56,66)(H3,55,60,61,62,67)/b33-17+,34-18+/t32?,36?,42-/m1/s1. The number of hydrogen-bond acceptors (Lipinski definition) is 11. The van der Waals surface area contributed by atoms with Gasteiger partial charge in [-0.05, 0) is 103 Å². The maximum absolute atomic E-state index is 14.7. The van der Waals surface area contributed by atoms with E-state index in [-0.39, 0.29) is 65.5 Å². The fraction of sp³-hybridized carbons (Fsp3) is 0.240. The smallest absolute Gasteiger partial charge is 0.280 e. The molecule has 348 valence electrons. The van der Waals surface area contributed by atoms with Gasteiger partial charge in [-0.25, -0.2) is 9.97 Å². The first-order chi connectivity index (χ1) is 32.8. The van der Waals surface area contributed by atoms with E-state index in [1.165, 1.54) is 6.20 Å². The molecule has 8 rings (SSSR count). The molecule has 1 atom stereocenters. The van der Waals surface area contributed by atoms with E-state index >= 15 is 0 Å². The van der Waals surface area contributed by atoms with Crippen molar-refractivity contribution in [3.63, 3.8) is 0 Å². The Balaban J connectivity index is 0.850. The number of carbonyl (C=O) groups excluding carboxylic acids is 4. The molecular formula is C50H45Cl4N9O5. The Labute approximate surface area is 411 Å². The SMILES string of the molecule is Nc1nc2nc(CNc3ccc(C(=O)NCCCC(=O)C4CC(N[C@H](Cc5ccccc5)C(=O)N5C/C(=C\c6ccc(Cl)c(Cl)c6)C(=O)/C(=C/c6ccc(Cl)c(Cl)c6)C5)C4)cc3)cnc2c(=O)[nH]1. The molecule has 1 saturated carbocycles. The highest BCUT2D eigenvalue weighted by molar-refractivity contribution is 6.42. The van der Waals surface area contributed by atoms with Gasteiger partial charge in [0, 0.05) is 60.4 Å². The second kappa shape index (κ2) is 21.7. The minimum Gasteiger partial charge on any atom is -0.379 e. The second-order valence-electron chi connectivity index (χ2n) is 16.7. The number of likely N-dealkylation sites (tertiary alicyclic amines) is 1. The Bertz CT molecular complexity index is 2940. The molecule has 4 aromatic carbocycles. The first-order valence-electron chi connectivity index (χ1n) is 21.9. The molecule has 6 N–H and O–H groups in total. The third kappa shape index (κ3) is 12.0. The fourth-order valence-electron chi connectivity index (χ4n) is 8.15. The average Bonchev–Trinajstić information content (AvgIpc) is 3.31. The van der Waals surface area contributed by atoms with Gasteiger partial charge >= 0.3 is 0 Å². The highest BCUT2D eigenvalue weighted by Gasteiger charge is 2.38. The van der Waals surface area contributed by atoms with Crippen molar-refractivity contribution >= 4 is 105 Å². The van der Waals surface area contributed by atoms with Gasteiger partial charge in [-0.1, -0.05) is 88.9 Å². The van der Waals surface area contributed by atoms with Crippen LogP contribution in [0.1, 0.15) is 58.4 Å². The lowest BCUT2D eigenvalue weighted by Gasteiger charge is -2.39. The van der Waals surface area contributed by atoms with Gasteiger partial charge in [-0.15, -0.1) is 0 Å². The van der Waals surface area contributed by atoms with Crippen molar-refractivity contribution in [2.45, 2.75) is 50.7 Å². The zero-order valence-electron chi connectivity index (χ0n) is 36.4. The summed E-state index contributed by atoms with van der Waals surface area (Å²) in [5, 5.41) is 11.1. The summed E-state index contributed by atoms with van der Waals surface area (Å²) in [5.41, 5.74) is 10.3. The minimum absolute atomic E-state index is 0.0454. The summed E-state index contributed by atoms with van der Waals surface area (Å²) in [6.07, 6.45) is 7.28. The van der Waals surface area contributed by atoms with Gasteiger partial charge in [0.05, 0.1) is 44.6 Å². The third-order valence-electron chi connectivity index (χ3n) is 11.8. The number of ketones is 2. The summed E-state index contributed by atoms with van der Waals surface area (Å²) in [6.45, 7) is 0.762. The van der Waals surface area contributed by atoms with Gasteiger partial charge in [-0.2, -0.15) is 4.98 Å². The number of nitrogens with one attached hydrogen (secondary N) is 4. The second-order valence-corrected chi connectivity index (χ2v) is 18.4. The molecule has 3 heterocycles. The minimum atomic E-state index is -0.644. The van der Waals surface area contributed by atoms with Gasteiger partial charge in [0.2, 0.25) is 11.9 Å². The lowest BCUT2D eigenvalue weighted by Crippen LogP contribution is -2.56. The predicted octanol–water partition coefficient (Wildman–Crippen LogP) is 8.16. The third-order valence-corrected chi connectivity index (χ3v) is 13.3. The van der Waals surface area contributed by atoms with Crippen molar-refractivity contribution < 1.29 is 19.2 Å². The Morgan fingerprint density at radius 2 is 1.47 bits per heavy atom. The number of anilines is 2. The summed E-state index contributed by atoms with van der Waals surface area (Å²) in [7, 11) is 0. The van der Waals surface area contributed by atoms with Crippen molar-refractivity contribution in [1.82, 2.24) is 35.5 Å². The molecule has 2 amide bonds. The molecule has 18 heteroatoms. The van der Waals surface area contributed by atoms with Crippen LogP contribution in [0.2, 0.25) is 20.1 Å². The predicted molar refractivity (Wildman–Crippen MR) is 267 cm³/mol. The van der Waals surface area contributed by atoms with Gasteiger partial charge in [0.25, 0.3) is 11.5 Å². The molecule has 0 radical (unpaired) electrons. The van der Waals surface area contributed by atoms with E-state index in [9.17, 15) is 24.0 Å². The molecule has 6 aromatic rings. The van der Waals surface area contributed by atoms with E-state index in [4.69, 9.17) is 52.1 Å². The topological polar surface area (TPSA) is 205 Å². The van der Waals surface area contributed by atoms with Crippen LogP contribution in [0.4, 0.5) is 11.6 Å². The van der Waals surface area contributed by atoms with Gasteiger partial charge in [0.15, 0.2) is 16.9 Å². The number of aromatic nitrogens is 4. The number of benzene rings is 4. The summed E-state index contributed by atoms with van der Waals surface area (Å²) in [4.78, 5) is 83.5. The molecule has 0 unspecified atom stereocenters. The molecule has 1 aliphatic carbocycles. The van der Waals surface area contributed by atoms with Gasteiger partial charge < -0.3 is 26.6 Å². The Morgan fingerprint density at radius 1 is 0.824 bits per heavy atom. The molecule has 2 aromatic heterocycles. The normalized spacial score (nSPS) is 17.5. The van der Waals surface area contributed by atoms with E-state index in [2.05, 4.69) is 35.9 Å². The number of halogens is 4. The van der Waals surface area contributed by atoms with Gasteiger partial charge in [-0.3, -0.25) is 29.0 Å². The lowest BCUT2D eigenvalue weighted by atomic mass is 9.76. The molecule has 1 aliphatic heterocycles. The van der Waals surface area contributed by atoms with Crippen molar-refractivity contribution in [1.29, 1.82) is 0 Å². The summed E-state index contributed by atoms with van der Waals surface area (Å²) >= 11 is 25.0. The number of hydrogen-bond donors (Lipinski definition) is 5. The van der Waals surface area contributed by atoms with Crippen molar-refractivity contribution in [2.24, 2.45) is 5.92 Å². The van der Waals surface area contributed by atoms with Crippen molar-refractivity contribution in [2.75, 3.05) is 30.7 Å². The van der Waals surface area contributed by atoms with Crippen LogP contribution < -0.4 is 27.2 Å². The average molecular weight is 994 g/mol. The lowest BCUT2D eigenvalue weighted by molar-refractivity contribution is -0.134. The fourth-order valence-corrected chi connectivity index (χ4v) is 8.76. The van der Waals surface area contributed by atoms with Gasteiger partial charge in [0.1, 0.15) is 5.78 Å².